The van der Waals surface area contributed by atoms with Crippen molar-refractivity contribution in [3.63, 3.8) is 0 Å². The molecule has 1 aromatic carbocycles. The van der Waals surface area contributed by atoms with Gasteiger partial charge in [-0.2, -0.15) is 5.06 Å². The number of anilines is 1. The summed E-state index contributed by atoms with van der Waals surface area (Å²) in [7, 11) is 0. The Labute approximate surface area is 137 Å². The summed E-state index contributed by atoms with van der Waals surface area (Å²) in [5, 5.41) is 4.27. The molecule has 1 aromatic heterocycles. The van der Waals surface area contributed by atoms with Crippen LogP contribution in [0.5, 0.6) is 0 Å². The highest BCUT2D eigenvalue weighted by Crippen LogP contribution is 2.31. The zero-order valence-electron chi connectivity index (χ0n) is 12.1. The van der Waals surface area contributed by atoms with Crippen molar-refractivity contribution in [3.05, 3.63) is 58.3 Å². The topological polar surface area (TPSA) is 54.5 Å². The standard InChI is InChI=1S/C16H16BrN3O2/c1-11-14(9-13(17)10-18-11)19-16(21)20-15(7-8-22-20)12-5-3-2-4-6-12/h2-6,9-10,15H,7-8H2,1H3,(H,19,21). The number of hydrogen-bond acceptors (Lipinski definition) is 3. The van der Waals surface area contributed by atoms with Gasteiger partial charge in [0.1, 0.15) is 0 Å². The molecule has 0 bridgehead atoms. The molecule has 1 aliphatic rings. The van der Waals surface area contributed by atoms with Crippen molar-refractivity contribution < 1.29 is 9.63 Å². The highest BCUT2D eigenvalue weighted by Gasteiger charge is 2.31. The lowest BCUT2D eigenvalue weighted by Gasteiger charge is -2.23. The first-order valence-electron chi connectivity index (χ1n) is 7.05. The van der Waals surface area contributed by atoms with Gasteiger partial charge in [0.05, 0.1) is 24.0 Å². The third-order valence-electron chi connectivity index (χ3n) is 3.58. The number of halogens is 1. The fourth-order valence-electron chi connectivity index (χ4n) is 2.45. The zero-order chi connectivity index (χ0) is 15.5. The lowest BCUT2D eigenvalue weighted by Crippen LogP contribution is -2.33. The molecule has 2 amide bonds. The van der Waals surface area contributed by atoms with Gasteiger partial charge in [0.2, 0.25) is 0 Å². The van der Waals surface area contributed by atoms with E-state index in [1.165, 1.54) is 5.06 Å². The van der Waals surface area contributed by atoms with Crippen molar-refractivity contribution in [2.24, 2.45) is 0 Å². The molecule has 0 radical (unpaired) electrons. The van der Waals surface area contributed by atoms with Crippen LogP contribution in [0.2, 0.25) is 0 Å². The predicted octanol–water partition coefficient (Wildman–Crippen LogP) is 4.06. The van der Waals surface area contributed by atoms with E-state index in [1.807, 2.05) is 43.3 Å². The molecule has 3 rings (SSSR count). The number of carbonyl (C=O) groups excluding carboxylic acids is 1. The maximum absolute atomic E-state index is 12.5. The Morgan fingerprint density at radius 3 is 2.95 bits per heavy atom. The molecular formula is C16H16BrN3O2. The number of amides is 2. The number of aryl methyl sites for hydroxylation is 1. The van der Waals surface area contributed by atoms with Crippen LogP contribution in [-0.4, -0.2) is 22.7 Å². The molecule has 114 valence electrons. The van der Waals surface area contributed by atoms with Gasteiger partial charge in [0, 0.05) is 17.1 Å². The maximum Gasteiger partial charge on any atom is 0.346 e. The van der Waals surface area contributed by atoms with Gasteiger partial charge in [-0.1, -0.05) is 30.3 Å². The lowest BCUT2D eigenvalue weighted by atomic mass is 10.1. The number of aromatic nitrogens is 1. The molecule has 0 saturated carbocycles. The Morgan fingerprint density at radius 2 is 2.18 bits per heavy atom. The lowest BCUT2D eigenvalue weighted by molar-refractivity contribution is -0.0829. The van der Waals surface area contributed by atoms with Crippen LogP contribution in [0.4, 0.5) is 10.5 Å². The third kappa shape index (κ3) is 3.13. The van der Waals surface area contributed by atoms with E-state index in [2.05, 4.69) is 26.2 Å². The predicted molar refractivity (Wildman–Crippen MR) is 87.3 cm³/mol. The van der Waals surface area contributed by atoms with Crippen LogP contribution in [-0.2, 0) is 4.84 Å². The van der Waals surface area contributed by atoms with E-state index in [1.54, 1.807) is 6.20 Å². The first kappa shape index (κ1) is 15.0. The third-order valence-corrected chi connectivity index (χ3v) is 4.02. The molecule has 2 aromatic rings. The molecule has 22 heavy (non-hydrogen) atoms. The van der Waals surface area contributed by atoms with Crippen LogP contribution >= 0.6 is 15.9 Å². The van der Waals surface area contributed by atoms with E-state index >= 15 is 0 Å². The van der Waals surface area contributed by atoms with Gasteiger partial charge in [-0.3, -0.25) is 9.82 Å². The highest BCUT2D eigenvalue weighted by atomic mass is 79.9. The summed E-state index contributed by atoms with van der Waals surface area (Å²) in [4.78, 5) is 22.2. The number of nitrogens with one attached hydrogen (secondary N) is 1. The fraction of sp³-hybridized carbons (Fsp3) is 0.250. The van der Waals surface area contributed by atoms with Crippen molar-refractivity contribution in [1.29, 1.82) is 0 Å². The Hall–Kier alpha value is -1.92. The van der Waals surface area contributed by atoms with Gasteiger partial charge < -0.3 is 5.32 Å². The number of pyridine rings is 1. The van der Waals surface area contributed by atoms with Gasteiger partial charge in [0.15, 0.2) is 0 Å². The first-order chi connectivity index (χ1) is 10.6. The van der Waals surface area contributed by atoms with Crippen molar-refractivity contribution in [3.8, 4) is 0 Å². The molecule has 1 N–H and O–H groups in total. The molecule has 6 heteroatoms. The van der Waals surface area contributed by atoms with Crippen LogP contribution in [0, 0.1) is 6.92 Å². The molecule has 1 atom stereocenters. The number of benzene rings is 1. The number of carbonyl (C=O) groups is 1. The number of urea groups is 1. The Kier molecular flexibility index (Phi) is 4.40. The van der Waals surface area contributed by atoms with E-state index in [-0.39, 0.29) is 12.1 Å². The van der Waals surface area contributed by atoms with Crippen molar-refractivity contribution in [1.82, 2.24) is 10.0 Å². The summed E-state index contributed by atoms with van der Waals surface area (Å²) in [5.41, 5.74) is 2.49. The number of hydroxylamine groups is 2. The minimum Gasteiger partial charge on any atom is -0.304 e. The summed E-state index contributed by atoms with van der Waals surface area (Å²) in [6.07, 6.45) is 2.48. The van der Waals surface area contributed by atoms with Gasteiger partial charge in [0.25, 0.3) is 0 Å². The molecule has 1 unspecified atom stereocenters. The average Bonchev–Trinajstić information content (AvgIpc) is 3.01. The monoisotopic (exact) mass is 361 g/mol. The number of rotatable bonds is 2. The highest BCUT2D eigenvalue weighted by molar-refractivity contribution is 9.10. The molecule has 1 saturated heterocycles. The summed E-state index contributed by atoms with van der Waals surface area (Å²) in [5.74, 6) is 0. The van der Waals surface area contributed by atoms with Crippen molar-refractivity contribution in [2.45, 2.75) is 19.4 Å². The SMILES string of the molecule is Cc1ncc(Br)cc1NC(=O)N1OCCC1c1ccccc1. The molecular weight excluding hydrogens is 346 g/mol. The molecule has 5 nitrogen and oxygen atoms in total. The Balaban J connectivity index is 1.78. The molecule has 1 fully saturated rings. The number of nitrogens with zero attached hydrogens (tertiary/aromatic N) is 2. The molecule has 2 heterocycles. The van der Waals surface area contributed by atoms with E-state index in [0.717, 1.165) is 22.2 Å². The second-order valence-electron chi connectivity index (χ2n) is 5.09. The van der Waals surface area contributed by atoms with Crippen LogP contribution in [0.15, 0.2) is 47.1 Å². The van der Waals surface area contributed by atoms with Gasteiger partial charge in [-0.05, 0) is 34.5 Å². The van der Waals surface area contributed by atoms with Crippen LogP contribution in [0.25, 0.3) is 0 Å². The van der Waals surface area contributed by atoms with Gasteiger partial charge in [-0.25, -0.2) is 4.79 Å². The summed E-state index contributed by atoms with van der Waals surface area (Å²) in [6.45, 7) is 2.38. The van der Waals surface area contributed by atoms with E-state index in [0.29, 0.717) is 12.3 Å². The molecule has 0 spiro atoms. The largest absolute Gasteiger partial charge is 0.346 e. The van der Waals surface area contributed by atoms with Crippen molar-refractivity contribution >= 4 is 27.6 Å². The summed E-state index contributed by atoms with van der Waals surface area (Å²) < 4.78 is 0.815. The quantitative estimate of drug-likeness (QED) is 0.877. The molecule has 1 aliphatic heterocycles. The normalized spacial score (nSPS) is 17.5. The zero-order valence-corrected chi connectivity index (χ0v) is 13.7. The first-order valence-corrected chi connectivity index (χ1v) is 7.84. The second kappa shape index (κ2) is 6.46. The second-order valence-corrected chi connectivity index (χ2v) is 6.01. The van der Waals surface area contributed by atoms with Crippen LogP contribution in [0.1, 0.15) is 23.7 Å². The van der Waals surface area contributed by atoms with E-state index in [9.17, 15) is 4.79 Å². The Morgan fingerprint density at radius 1 is 1.41 bits per heavy atom. The summed E-state index contributed by atoms with van der Waals surface area (Å²) in [6, 6.07) is 11.4. The van der Waals surface area contributed by atoms with Crippen LogP contribution in [0.3, 0.4) is 0 Å². The fourth-order valence-corrected chi connectivity index (χ4v) is 2.78. The summed E-state index contributed by atoms with van der Waals surface area (Å²) >= 11 is 3.36. The average molecular weight is 362 g/mol. The maximum atomic E-state index is 12.5. The smallest absolute Gasteiger partial charge is 0.304 e. The van der Waals surface area contributed by atoms with Crippen LogP contribution < -0.4 is 5.32 Å². The minimum atomic E-state index is -0.283. The number of hydrogen-bond donors (Lipinski definition) is 1. The van der Waals surface area contributed by atoms with E-state index < -0.39 is 0 Å². The van der Waals surface area contributed by atoms with Gasteiger partial charge >= 0.3 is 6.03 Å². The molecule has 0 aliphatic carbocycles. The minimum absolute atomic E-state index is 0.0679. The van der Waals surface area contributed by atoms with Crippen molar-refractivity contribution in [2.75, 3.05) is 11.9 Å². The Bertz CT molecular complexity index is 678. The van der Waals surface area contributed by atoms with E-state index in [4.69, 9.17) is 4.84 Å². The van der Waals surface area contributed by atoms with Gasteiger partial charge in [-0.15, -0.1) is 0 Å².